The Labute approximate surface area is 150 Å². The van der Waals surface area contributed by atoms with E-state index >= 15 is 0 Å². The van der Waals surface area contributed by atoms with Crippen molar-refractivity contribution < 1.29 is 26.4 Å². The molecule has 1 aromatic carbocycles. The van der Waals surface area contributed by atoms with E-state index in [0.29, 0.717) is 25.2 Å². The summed E-state index contributed by atoms with van der Waals surface area (Å²) in [6.07, 6.45) is -3.88. The molecule has 3 rings (SSSR count). The molecule has 1 unspecified atom stereocenters. The lowest BCUT2D eigenvalue weighted by Crippen LogP contribution is -2.51. The number of carbonyl (C=O) groups is 1. The number of alkyl halides is 3. The third-order valence-electron chi connectivity index (χ3n) is 5.03. The summed E-state index contributed by atoms with van der Waals surface area (Å²) < 4.78 is 62.1. The first-order chi connectivity index (χ1) is 12.2. The van der Waals surface area contributed by atoms with E-state index in [1.165, 1.54) is 6.07 Å². The highest BCUT2D eigenvalue weighted by atomic mass is 32.2. The number of rotatable bonds is 2. The van der Waals surface area contributed by atoms with E-state index in [-0.39, 0.29) is 36.2 Å². The highest BCUT2D eigenvalue weighted by molar-refractivity contribution is 7.91. The molecule has 0 aromatic heterocycles. The summed E-state index contributed by atoms with van der Waals surface area (Å²) in [7, 11) is -3.08. The average molecular weight is 390 g/mol. The summed E-state index contributed by atoms with van der Waals surface area (Å²) in [6.45, 7) is 1.33. The van der Waals surface area contributed by atoms with Crippen LogP contribution in [0.5, 0.6) is 0 Å². The van der Waals surface area contributed by atoms with Gasteiger partial charge in [0.15, 0.2) is 0 Å². The molecule has 1 atom stereocenters. The third kappa shape index (κ3) is 4.20. The lowest BCUT2D eigenvalue weighted by Gasteiger charge is -2.39. The Morgan fingerprint density at radius 2 is 1.88 bits per heavy atom. The fraction of sp³-hybridized carbons (Fsp3) is 0.588. The molecule has 1 N–H and O–H groups in total. The Bertz CT molecular complexity index is 766. The second-order valence-corrected chi connectivity index (χ2v) is 9.10. The third-order valence-corrected chi connectivity index (χ3v) is 6.74. The van der Waals surface area contributed by atoms with Crippen molar-refractivity contribution in [3.05, 3.63) is 35.4 Å². The van der Waals surface area contributed by atoms with Crippen LogP contribution in [0.2, 0.25) is 0 Å². The largest absolute Gasteiger partial charge is 0.416 e. The number of hydrogen-bond acceptors (Lipinski definition) is 4. The first kappa shape index (κ1) is 19.2. The number of carbonyl (C=O) groups excluding carboxylic acids is 1. The molecule has 0 saturated carbocycles. The van der Waals surface area contributed by atoms with E-state index < -0.39 is 27.6 Å². The monoisotopic (exact) mass is 390 g/mol. The number of hydrogen-bond donors (Lipinski definition) is 1. The highest BCUT2D eigenvalue weighted by Crippen LogP contribution is 2.33. The Morgan fingerprint density at radius 3 is 2.54 bits per heavy atom. The molecule has 26 heavy (non-hydrogen) atoms. The van der Waals surface area contributed by atoms with Crippen molar-refractivity contribution in [1.29, 1.82) is 0 Å². The van der Waals surface area contributed by atoms with Crippen LogP contribution in [-0.2, 0) is 20.8 Å². The van der Waals surface area contributed by atoms with Gasteiger partial charge in [-0.05, 0) is 30.5 Å². The van der Waals surface area contributed by atoms with E-state index in [4.69, 9.17) is 0 Å². The Morgan fingerprint density at radius 1 is 1.19 bits per heavy atom. The van der Waals surface area contributed by atoms with Gasteiger partial charge in [-0.3, -0.25) is 4.79 Å². The van der Waals surface area contributed by atoms with Gasteiger partial charge >= 0.3 is 6.18 Å². The maximum Gasteiger partial charge on any atom is 0.416 e. The fourth-order valence-corrected chi connectivity index (χ4v) is 5.05. The van der Waals surface area contributed by atoms with Crippen LogP contribution in [0.4, 0.5) is 13.2 Å². The van der Waals surface area contributed by atoms with E-state index in [0.717, 1.165) is 12.1 Å². The molecule has 1 aromatic rings. The number of piperazine rings is 1. The van der Waals surface area contributed by atoms with Gasteiger partial charge in [0.05, 0.1) is 23.1 Å². The van der Waals surface area contributed by atoms with E-state index in [2.05, 4.69) is 5.32 Å². The molecule has 1 amide bonds. The van der Waals surface area contributed by atoms with E-state index in [1.54, 1.807) is 11.0 Å². The van der Waals surface area contributed by atoms with Crippen LogP contribution in [0.25, 0.3) is 0 Å². The van der Waals surface area contributed by atoms with Crippen LogP contribution in [0.15, 0.2) is 24.3 Å². The maximum atomic E-state index is 13.0. The number of benzene rings is 1. The lowest BCUT2D eigenvalue weighted by molar-refractivity contribution is -0.139. The molecule has 2 aliphatic rings. The molecule has 144 valence electrons. The smallest absolute Gasteiger partial charge is 0.333 e. The van der Waals surface area contributed by atoms with Crippen LogP contribution < -0.4 is 5.32 Å². The van der Waals surface area contributed by atoms with Crippen molar-refractivity contribution in [2.45, 2.75) is 25.1 Å². The van der Waals surface area contributed by atoms with Crippen molar-refractivity contribution in [2.75, 3.05) is 31.1 Å². The summed E-state index contributed by atoms with van der Waals surface area (Å²) in [6, 6.07) is 4.56. The summed E-state index contributed by atoms with van der Waals surface area (Å²) in [5.74, 6) is -0.568. The molecule has 9 heteroatoms. The van der Waals surface area contributed by atoms with Gasteiger partial charge < -0.3 is 10.2 Å². The summed E-state index contributed by atoms with van der Waals surface area (Å²) in [4.78, 5) is 14.5. The van der Waals surface area contributed by atoms with Crippen LogP contribution in [-0.4, -0.2) is 50.4 Å². The molecule has 5 nitrogen and oxygen atoms in total. The highest BCUT2D eigenvalue weighted by Gasteiger charge is 2.37. The summed E-state index contributed by atoms with van der Waals surface area (Å²) in [5, 5.41) is 3.12. The first-order valence-corrected chi connectivity index (χ1v) is 10.4. The van der Waals surface area contributed by atoms with Gasteiger partial charge in [0.1, 0.15) is 9.84 Å². The zero-order valence-electron chi connectivity index (χ0n) is 14.1. The number of halogens is 3. The zero-order chi connectivity index (χ0) is 18.9. The number of sulfone groups is 1. The predicted molar refractivity (Wildman–Crippen MR) is 90.1 cm³/mol. The zero-order valence-corrected chi connectivity index (χ0v) is 14.9. The van der Waals surface area contributed by atoms with Crippen molar-refractivity contribution in [3.8, 4) is 0 Å². The molecule has 0 spiro atoms. The van der Waals surface area contributed by atoms with Crippen molar-refractivity contribution in [3.63, 3.8) is 0 Å². The van der Waals surface area contributed by atoms with Gasteiger partial charge in [-0.15, -0.1) is 0 Å². The van der Waals surface area contributed by atoms with Crippen LogP contribution in [0, 0.1) is 5.92 Å². The van der Waals surface area contributed by atoms with E-state index in [9.17, 15) is 26.4 Å². The molecule has 2 saturated heterocycles. The molecule has 0 aliphatic carbocycles. The van der Waals surface area contributed by atoms with Gasteiger partial charge in [0.25, 0.3) is 0 Å². The molecular formula is C17H21F3N2O3S. The molecule has 0 radical (unpaired) electrons. The molecule has 0 bridgehead atoms. The number of amides is 1. The van der Waals surface area contributed by atoms with Crippen molar-refractivity contribution >= 4 is 15.7 Å². The minimum absolute atomic E-state index is 0.0102. The second-order valence-electron chi connectivity index (χ2n) is 6.80. The van der Waals surface area contributed by atoms with Gasteiger partial charge in [0.2, 0.25) is 5.91 Å². The maximum absolute atomic E-state index is 13.0. The van der Waals surface area contributed by atoms with Gasteiger partial charge in [0, 0.05) is 25.6 Å². The first-order valence-electron chi connectivity index (χ1n) is 8.56. The normalized spacial score (nSPS) is 24.4. The molecule has 2 heterocycles. The summed E-state index contributed by atoms with van der Waals surface area (Å²) >= 11 is 0. The number of nitrogens with one attached hydrogen (secondary N) is 1. The van der Waals surface area contributed by atoms with Gasteiger partial charge in [-0.2, -0.15) is 13.2 Å². The minimum Gasteiger partial charge on any atom is -0.333 e. The van der Waals surface area contributed by atoms with Crippen LogP contribution >= 0.6 is 0 Å². The Kier molecular flexibility index (Phi) is 5.30. The van der Waals surface area contributed by atoms with Crippen molar-refractivity contribution in [2.24, 2.45) is 5.92 Å². The summed E-state index contributed by atoms with van der Waals surface area (Å²) in [5.41, 5.74) is -0.305. The standard InChI is InChI=1S/C17H21F3N2O3S/c18-17(19,20)14-3-1-2-13(10-14)15-11-21-6-7-22(15)16(23)12-4-8-26(24,25)9-5-12/h1-3,10,12,15,21H,4-9,11H2. The quantitative estimate of drug-likeness (QED) is 0.839. The fourth-order valence-electron chi connectivity index (χ4n) is 3.56. The topological polar surface area (TPSA) is 66.5 Å². The molecule has 2 fully saturated rings. The van der Waals surface area contributed by atoms with Crippen molar-refractivity contribution in [1.82, 2.24) is 10.2 Å². The predicted octanol–water partition coefficient (Wildman–Crippen LogP) is 2.00. The van der Waals surface area contributed by atoms with Gasteiger partial charge in [-0.1, -0.05) is 12.1 Å². The minimum atomic E-state index is -4.44. The Hall–Kier alpha value is -1.61. The molecular weight excluding hydrogens is 369 g/mol. The van der Waals surface area contributed by atoms with Crippen LogP contribution in [0.1, 0.15) is 30.0 Å². The second kappa shape index (κ2) is 7.19. The average Bonchev–Trinajstić information content (AvgIpc) is 2.60. The Balaban J connectivity index is 1.81. The van der Waals surface area contributed by atoms with Crippen LogP contribution in [0.3, 0.4) is 0 Å². The lowest BCUT2D eigenvalue weighted by atomic mass is 9.96. The van der Waals surface area contributed by atoms with E-state index in [1.807, 2.05) is 0 Å². The number of nitrogens with zero attached hydrogens (tertiary/aromatic N) is 1. The molecule has 2 aliphatic heterocycles. The van der Waals surface area contributed by atoms with Gasteiger partial charge in [-0.25, -0.2) is 8.42 Å². The SMILES string of the molecule is O=C(C1CCS(=O)(=O)CC1)N1CCNCC1c1cccc(C(F)(F)F)c1.